The number of likely N-dealkylation sites (tertiary alicyclic amines) is 1. The van der Waals surface area contributed by atoms with Gasteiger partial charge in [-0.05, 0) is 45.7 Å². The molecule has 2 fully saturated rings. The first-order valence-corrected chi connectivity index (χ1v) is 6.76. The molecule has 2 rings (SSSR count). The number of nitrogens with two attached hydrogens (primary N) is 1. The molecule has 0 aromatic carbocycles. The van der Waals surface area contributed by atoms with E-state index < -0.39 is 5.60 Å². The summed E-state index contributed by atoms with van der Waals surface area (Å²) in [5.41, 5.74) is 5.59. The van der Waals surface area contributed by atoms with Crippen molar-refractivity contribution in [1.82, 2.24) is 4.90 Å². The Hall–Kier alpha value is -0.120. The molecule has 0 bridgehead atoms. The van der Waals surface area contributed by atoms with Crippen LogP contribution in [0, 0.1) is 0 Å². The van der Waals surface area contributed by atoms with Crippen LogP contribution in [0.5, 0.6) is 0 Å². The van der Waals surface area contributed by atoms with E-state index in [2.05, 4.69) is 11.9 Å². The smallest absolute Gasteiger partial charge is 0.0838 e. The highest BCUT2D eigenvalue weighted by Gasteiger charge is 2.47. The molecule has 3 N–H and O–H groups in total. The van der Waals surface area contributed by atoms with E-state index in [0.29, 0.717) is 0 Å². The predicted molar refractivity (Wildman–Crippen MR) is 66.3 cm³/mol. The van der Waals surface area contributed by atoms with Crippen molar-refractivity contribution in [1.29, 1.82) is 0 Å². The molecule has 1 atom stereocenters. The largest absolute Gasteiger partial charge is 0.388 e. The highest BCUT2D eigenvalue weighted by atomic mass is 16.3. The third-order valence-electron chi connectivity index (χ3n) is 4.71. The molecule has 0 radical (unpaired) electrons. The van der Waals surface area contributed by atoms with Gasteiger partial charge in [-0.15, -0.1) is 0 Å². The molecule has 0 aromatic rings. The van der Waals surface area contributed by atoms with Crippen molar-refractivity contribution in [2.45, 2.75) is 62.5 Å². The van der Waals surface area contributed by atoms with Crippen molar-refractivity contribution >= 4 is 0 Å². The minimum atomic E-state index is -0.613. The van der Waals surface area contributed by atoms with Crippen molar-refractivity contribution in [2.24, 2.45) is 5.73 Å². The zero-order chi connectivity index (χ0) is 11.6. The average Bonchev–Trinajstić information content (AvgIpc) is 2.43. The van der Waals surface area contributed by atoms with Crippen LogP contribution >= 0.6 is 0 Å². The molecule has 16 heavy (non-hydrogen) atoms. The van der Waals surface area contributed by atoms with Gasteiger partial charge in [0.2, 0.25) is 0 Å². The van der Waals surface area contributed by atoms with Crippen molar-refractivity contribution in [3.8, 4) is 0 Å². The van der Waals surface area contributed by atoms with Crippen LogP contribution in [0.3, 0.4) is 0 Å². The molecule has 1 saturated heterocycles. The summed E-state index contributed by atoms with van der Waals surface area (Å²) in [5, 5.41) is 10.9. The van der Waals surface area contributed by atoms with E-state index in [1.54, 1.807) is 0 Å². The fourth-order valence-corrected chi connectivity index (χ4v) is 3.40. The van der Waals surface area contributed by atoms with Gasteiger partial charge in [-0.2, -0.15) is 0 Å². The van der Waals surface area contributed by atoms with E-state index in [9.17, 15) is 5.11 Å². The Kier molecular flexibility index (Phi) is 3.57. The first kappa shape index (κ1) is 12.3. The van der Waals surface area contributed by atoms with Crippen LogP contribution in [0.2, 0.25) is 0 Å². The Balaban J connectivity index is 2.09. The maximum absolute atomic E-state index is 10.9. The second-order valence-corrected chi connectivity index (χ2v) is 5.91. The van der Waals surface area contributed by atoms with Gasteiger partial charge in [0.05, 0.1) is 5.60 Å². The van der Waals surface area contributed by atoms with Crippen LogP contribution in [-0.4, -0.2) is 41.3 Å². The fourth-order valence-electron chi connectivity index (χ4n) is 3.40. The van der Waals surface area contributed by atoms with Crippen LogP contribution in [-0.2, 0) is 0 Å². The van der Waals surface area contributed by atoms with Crippen molar-refractivity contribution in [3.05, 3.63) is 0 Å². The molecular weight excluding hydrogens is 200 g/mol. The predicted octanol–water partition coefficient (Wildman–Crippen LogP) is 1.49. The summed E-state index contributed by atoms with van der Waals surface area (Å²) < 4.78 is 0. The van der Waals surface area contributed by atoms with Gasteiger partial charge in [0, 0.05) is 12.1 Å². The lowest BCUT2D eigenvalue weighted by atomic mass is 9.67. The van der Waals surface area contributed by atoms with Crippen LogP contribution < -0.4 is 5.73 Å². The van der Waals surface area contributed by atoms with Gasteiger partial charge in [-0.1, -0.05) is 19.3 Å². The highest BCUT2D eigenvalue weighted by molar-refractivity contribution is 5.05. The monoisotopic (exact) mass is 226 g/mol. The Morgan fingerprint density at radius 2 is 1.62 bits per heavy atom. The molecule has 1 aliphatic heterocycles. The molecule has 0 spiro atoms. The van der Waals surface area contributed by atoms with Crippen LogP contribution in [0.4, 0.5) is 0 Å². The first-order chi connectivity index (χ1) is 7.56. The Morgan fingerprint density at radius 3 is 2.31 bits per heavy atom. The molecule has 1 aliphatic carbocycles. The molecule has 2 aliphatic rings. The average molecular weight is 226 g/mol. The van der Waals surface area contributed by atoms with Gasteiger partial charge in [-0.3, -0.25) is 0 Å². The lowest BCUT2D eigenvalue weighted by Crippen LogP contribution is -2.61. The van der Waals surface area contributed by atoms with Crippen molar-refractivity contribution in [2.75, 3.05) is 20.1 Å². The third kappa shape index (κ3) is 2.27. The fraction of sp³-hybridized carbons (Fsp3) is 1.00. The molecular formula is C13H26N2O. The number of hydrogen-bond donors (Lipinski definition) is 2. The number of aliphatic hydroxyl groups is 1. The van der Waals surface area contributed by atoms with Crippen molar-refractivity contribution < 1.29 is 5.11 Å². The standard InChI is InChI=1S/C13H26N2O/c1-15-10-5-8-13(16,9-11-15)12(14)6-3-2-4-7-12/h16H,2-11,14H2,1H3. The zero-order valence-electron chi connectivity index (χ0n) is 10.5. The van der Waals surface area contributed by atoms with Crippen LogP contribution in [0.1, 0.15) is 51.4 Å². The molecule has 1 saturated carbocycles. The van der Waals surface area contributed by atoms with Crippen molar-refractivity contribution in [3.63, 3.8) is 0 Å². The molecule has 0 amide bonds. The summed E-state index contributed by atoms with van der Waals surface area (Å²) in [5.74, 6) is 0. The summed E-state index contributed by atoms with van der Waals surface area (Å²) in [6.45, 7) is 2.08. The molecule has 0 aromatic heterocycles. The molecule has 3 nitrogen and oxygen atoms in total. The van der Waals surface area contributed by atoms with Gasteiger partial charge in [-0.25, -0.2) is 0 Å². The van der Waals surface area contributed by atoms with Gasteiger partial charge < -0.3 is 15.7 Å². The quantitative estimate of drug-likeness (QED) is 0.712. The normalized spacial score (nSPS) is 36.9. The summed E-state index contributed by atoms with van der Waals surface area (Å²) >= 11 is 0. The zero-order valence-corrected chi connectivity index (χ0v) is 10.5. The van der Waals surface area contributed by atoms with Gasteiger partial charge >= 0.3 is 0 Å². The van der Waals surface area contributed by atoms with Gasteiger partial charge in [0.1, 0.15) is 0 Å². The summed E-state index contributed by atoms with van der Waals surface area (Å²) in [6.07, 6.45) is 8.48. The molecule has 94 valence electrons. The van der Waals surface area contributed by atoms with Gasteiger partial charge in [0.15, 0.2) is 0 Å². The lowest BCUT2D eigenvalue weighted by Gasteiger charge is -2.47. The first-order valence-electron chi connectivity index (χ1n) is 6.76. The van der Waals surface area contributed by atoms with Gasteiger partial charge in [0.25, 0.3) is 0 Å². The molecule has 3 heteroatoms. The Morgan fingerprint density at radius 1 is 0.938 bits per heavy atom. The second-order valence-electron chi connectivity index (χ2n) is 5.91. The summed E-state index contributed by atoms with van der Waals surface area (Å²) in [4.78, 5) is 2.31. The Bertz CT molecular complexity index is 238. The minimum absolute atomic E-state index is 0.309. The molecule has 1 heterocycles. The van der Waals surface area contributed by atoms with Crippen LogP contribution in [0.15, 0.2) is 0 Å². The lowest BCUT2D eigenvalue weighted by molar-refractivity contribution is -0.0620. The van der Waals surface area contributed by atoms with E-state index in [-0.39, 0.29) is 5.54 Å². The third-order valence-corrected chi connectivity index (χ3v) is 4.71. The number of nitrogens with zero attached hydrogens (tertiary/aromatic N) is 1. The maximum atomic E-state index is 10.9. The minimum Gasteiger partial charge on any atom is -0.388 e. The highest BCUT2D eigenvalue weighted by Crippen LogP contribution is 2.40. The topological polar surface area (TPSA) is 49.5 Å². The summed E-state index contributed by atoms with van der Waals surface area (Å²) in [7, 11) is 2.13. The Labute approximate surface area is 99.0 Å². The van der Waals surface area contributed by atoms with E-state index in [1.165, 1.54) is 19.3 Å². The SMILES string of the molecule is CN1CCCC(O)(C2(N)CCCCC2)CC1. The molecule has 1 unspecified atom stereocenters. The van der Waals surface area contributed by atoms with E-state index in [0.717, 1.165) is 45.2 Å². The van der Waals surface area contributed by atoms with Crippen LogP contribution in [0.25, 0.3) is 0 Å². The number of hydrogen-bond acceptors (Lipinski definition) is 3. The van der Waals surface area contributed by atoms with E-state index >= 15 is 0 Å². The number of rotatable bonds is 1. The maximum Gasteiger partial charge on any atom is 0.0838 e. The summed E-state index contributed by atoms with van der Waals surface area (Å²) in [6, 6.07) is 0. The second kappa shape index (κ2) is 4.63. The van der Waals surface area contributed by atoms with E-state index in [4.69, 9.17) is 5.73 Å². The van der Waals surface area contributed by atoms with E-state index in [1.807, 2.05) is 0 Å².